The van der Waals surface area contributed by atoms with Gasteiger partial charge in [0.25, 0.3) is 0 Å². The summed E-state index contributed by atoms with van der Waals surface area (Å²) in [6, 6.07) is 28.5. The fourth-order valence-corrected chi connectivity index (χ4v) is 3.37. The van der Waals surface area contributed by atoms with E-state index in [9.17, 15) is 0 Å². The molecule has 23 heavy (non-hydrogen) atoms. The van der Waals surface area contributed by atoms with Gasteiger partial charge in [-0.15, -0.1) is 35.9 Å². The number of hydrogen-bond acceptors (Lipinski definition) is 1. The van der Waals surface area contributed by atoms with Crippen LogP contribution in [0.5, 0.6) is 0 Å². The summed E-state index contributed by atoms with van der Waals surface area (Å²) in [7, 11) is 0. The summed E-state index contributed by atoms with van der Waals surface area (Å²) in [5.41, 5.74) is 8.25. The quantitative estimate of drug-likeness (QED) is 0.301. The molecular weight excluding hydrogens is 458 g/mol. The summed E-state index contributed by atoms with van der Waals surface area (Å²) in [6.45, 7) is 0. The summed E-state index contributed by atoms with van der Waals surface area (Å²) < 4.78 is 0. The molecule has 1 aliphatic rings. The largest absolute Gasteiger partial charge is 0.296 e. The monoisotopic (exact) mass is 471 g/mol. The summed E-state index contributed by atoms with van der Waals surface area (Å²) >= 11 is 0. The van der Waals surface area contributed by atoms with Crippen molar-refractivity contribution >= 4 is 10.9 Å². The number of benzene rings is 3. The second kappa shape index (κ2) is 5.42. The van der Waals surface area contributed by atoms with Crippen LogP contribution in [0.1, 0.15) is 0 Å². The molecule has 0 atom stereocenters. The Morgan fingerprint density at radius 3 is 2.22 bits per heavy atom. The van der Waals surface area contributed by atoms with Crippen molar-refractivity contribution in [3.63, 3.8) is 0 Å². The van der Waals surface area contributed by atoms with Gasteiger partial charge < -0.3 is 0 Å². The third-order valence-corrected chi connectivity index (χ3v) is 4.33. The molecule has 5 rings (SSSR count). The molecule has 1 aromatic heterocycles. The fourth-order valence-electron chi connectivity index (χ4n) is 3.37. The Hall–Kier alpha value is -2.28. The first kappa shape index (κ1) is 14.3. The van der Waals surface area contributed by atoms with Crippen LogP contribution in [0.3, 0.4) is 0 Å². The van der Waals surface area contributed by atoms with Crippen molar-refractivity contribution in [2.45, 2.75) is 0 Å². The van der Waals surface area contributed by atoms with Gasteiger partial charge in [0.1, 0.15) is 0 Å². The molecule has 0 amide bonds. The Kier molecular flexibility index (Phi) is 3.37. The van der Waals surface area contributed by atoms with Crippen molar-refractivity contribution in [2.24, 2.45) is 0 Å². The molecule has 111 valence electrons. The molecule has 0 unspecified atom stereocenters. The summed E-state index contributed by atoms with van der Waals surface area (Å²) in [4.78, 5) is 4.86. The topological polar surface area (TPSA) is 12.9 Å². The number of fused-ring (bicyclic) bond motifs is 3. The third-order valence-electron chi connectivity index (χ3n) is 4.33. The maximum absolute atomic E-state index is 4.86. The number of rotatable bonds is 1. The Balaban J connectivity index is 0.00000135. The average Bonchev–Trinajstić information content (AvgIpc) is 2.92. The first-order chi connectivity index (χ1) is 10.9. The molecule has 1 aliphatic carbocycles. The molecule has 0 fully saturated rings. The minimum Gasteiger partial charge on any atom is -0.296 e. The van der Waals surface area contributed by atoms with Crippen LogP contribution in [0.25, 0.3) is 44.4 Å². The number of hydrogen-bond donors (Lipinski definition) is 0. The van der Waals surface area contributed by atoms with Crippen molar-refractivity contribution in [2.75, 3.05) is 0 Å². The van der Waals surface area contributed by atoms with Crippen LogP contribution in [-0.4, -0.2) is 4.98 Å². The molecule has 0 spiro atoms. The summed E-state index contributed by atoms with van der Waals surface area (Å²) in [5.74, 6) is 0. The van der Waals surface area contributed by atoms with E-state index in [1.54, 1.807) is 0 Å². The predicted octanol–water partition coefficient (Wildman–Crippen LogP) is 5.35. The Morgan fingerprint density at radius 1 is 0.696 bits per heavy atom. The maximum atomic E-state index is 4.86. The third kappa shape index (κ3) is 2.07. The van der Waals surface area contributed by atoms with Gasteiger partial charge in [-0.1, -0.05) is 42.5 Å². The number of nitrogens with zero attached hydrogens (tertiary/aromatic N) is 1. The Bertz CT molecular complexity index is 1020. The van der Waals surface area contributed by atoms with Gasteiger partial charge in [-0.2, -0.15) is 0 Å². The first-order valence-corrected chi connectivity index (χ1v) is 7.42. The van der Waals surface area contributed by atoms with Crippen LogP contribution in [0.2, 0.25) is 0 Å². The van der Waals surface area contributed by atoms with Crippen LogP contribution in [0.15, 0.2) is 72.8 Å². The molecule has 0 saturated carbocycles. The molecule has 4 aromatic rings. The molecule has 2 heteroatoms. The van der Waals surface area contributed by atoms with E-state index in [1.807, 2.05) is 18.2 Å². The van der Waals surface area contributed by atoms with Crippen molar-refractivity contribution in [1.82, 2.24) is 4.98 Å². The molecular formula is C21H12IrN-. The van der Waals surface area contributed by atoms with Crippen molar-refractivity contribution < 1.29 is 20.1 Å². The van der Waals surface area contributed by atoms with Gasteiger partial charge in [0.05, 0.1) is 5.52 Å². The average molecular weight is 471 g/mol. The van der Waals surface area contributed by atoms with E-state index < -0.39 is 0 Å². The van der Waals surface area contributed by atoms with E-state index in [1.165, 1.54) is 27.6 Å². The molecule has 0 saturated heterocycles. The predicted molar refractivity (Wildman–Crippen MR) is 90.4 cm³/mol. The second-order valence-corrected chi connectivity index (χ2v) is 5.58. The van der Waals surface area contributed by atoms with Gasteiger partial charge in [-0.25, -0.2) is 0 Å². The van der Waals surface area contributed by atoms with E-state index >= 15 is 0 Å². The molecule has 0 aliphatic heterocycles. The molecule has 1 radical (unpaired) electrons. The minimum atomic E-state index is 0. The van der Waals surface area contributed by atoms with Gasteiger partial charge in [0.2, 0.25) is 0 Å². The molecule has 1 heterocycles. The second-order valence-electron chi connectivity index (χ2n) is 5.58. The van der Waals surface area contributed by atoms with E-state index in [2.05, 4.69) is 60.7 Å². The van der Waals surface area contributed by atoms with Crippen molar-refractivity contribution in [3.05, 3.63) is 78.9 Å². The zero-order valence-electron chi connectivity index (χ0n) is 12.2. The van der Waals surface area contributed by atoms with Crippen LogP contribution in [0.4, 0.5) is 0 Å². The first-order valence-electron chi connectivity index (χ1n) is 7.42. The number of pyridine rings is 1. The van der Waals surface area contributed by atoms with Gasteiger partial charge in [-0.3, -0.25) is 4.98 Å². The van der Waals surface area contributed by atoms with Crippen LogP contribution in [0, 0.1) is 6.07 Å². The number of aromatic nitrogens is 1. The van der Waals surface area contributed by atoms with E-state index in [-0.39, 0.29) is 20.1 Å². The van der Waals surface area contributed by atoms with Crippen LogP contribution >= 0.6 is 0 Å². The van der Waals surface area contributed by atoms with E-state index in [0.29, 0.717) is 0 Å². The smallest absolute Gasteiger partial charge is 0.0607 e. The minimum absolute atomic E-state index is 0. The Morgan fingerprint density at radius 2 is 1.43 bits per heavy atom. The zero-order valence-corrected chi connectivity index (χ0v) is 14.6. The summed E-state index contributed by atoms with van der Waals surface area (Å²) in [5, 5.41) is 1.27. The summed E-state index contributed by atoms with van der Waals surface area (Å²) in [6.07, 6.45) is 0. The van der Waals surface area contributed by atoms with Crippen LogP contribution < -0.4 is 0 Å². The molecule has 0 bridgehead atoms. The van der Waals surface area contributed by atoms with Crippen molar-refractivity contribution in [1.29, 1.82) is 0 Å². The van der Waals surface area contributed by atoms with Crippen molar-refractivity contribution in [3.8, 4) is 33.5 Å². The van der Waals surface area contributed by atoms with E-state index in [4.69, 9.17) is 4.98 Å². The van der Waals surface area contributed by atoms with E-state index in [0.717, 1.165) is 16.8 Å². The standard InChI is InChI=1S/C21H12N.Ir/c1-2-7-14(8-3-1)20-13-18-16-10-5-4-9-15(16)17-11-6-12-19(22-20)21(17)18;/h1-7,9-13H;/q-1;. The molecule has 3 aromatic carbocycles. The van der Waals surface area contributed by atoms with Gasteiger partial charge in [0.15, 0.2) is 0 Å². The Labute approximate surface area is 148 Å². The maximum Gasteiger partial charge on any atom is 0.0607 e. The van der Waals surface area contributed by atoms with Crippen LogP contribution in [-0.2, 0) is 20.1 Å². The fraction of sp³-hybridized carbons (Fsp3) is 0. The molecule has 1 nitrogen and oxygen atoms in total. The SMILES string of the molecule is [Ir].[c-]1ccccc1-c1cc2c3c(cccc3n1)-c1ccccc1-2. The molecule has 0 N–H and O–H groups in total. The van der Waals surface area contributed by atoms with Gasteiger partial charge >= 0.3 is 0 Å². The normalized spacial score (nSPS) is 11.1. The zero-order chi connectivity index (χ0) is 14.5. The van der Waals surface area contributed by atoms with Gasteiger partial charge in [-0.05, 0) is 34.0 Å². The van der Waals surface area contributed by atoms with Gasteiger partial charge in [0, 0.05) is 25.5 Å².